The van der Waals surface area contributed by atoms with E-state index in [4.69, 9.17) is 4.74 Å². The van der Waals surface area contributed by atoms with Crippen LogP contribution in [-0.4, -0.2) is 36.6 Å². The van der Waals surface area contributed by atoms with Gasteiger partial charge in [-0.15, -0.1) is 0 Å². The normalized spacial score (nSPS) is 13.6. The highest BCUT2D eigenvalue weighted by Crippen LogP contribution is 2.37. The zero-order valence-electron chi connectivity index (χ0n) is 14.9. The minimum absolute atomic E-state index is 0.0228. The number of hydrogen-bond acceptors (Lipinski definition) is 4. The molecule has 3 rings (SSSR count). The Morgan fingerprint density at radius 1 is 1.32 bits per heavy atom. The molecular formula is C20H25N3O2. The fourth-order valence-corrected chi connectivity index (χ4v) is 3.09. The van der Waals surface area contributed by atoms with Gasteiger partial charge >= 0.3 is 0 Å². The predicted molar refractivity (Wildman–Crippen MR) is 99.3 cm³/mol. The summed E-state index contributed by atoms with van der Waals surface area (Å²) in [6.45, 7) is 6.27. The molecule has 0 radical (unpaired) electrons. The summed E-state index contributed by atoms with van der Waals surface area (Å²) in [5.41, 5.74) is 2.68. The zero-order chi connectivity index (χ0) is 17.6. The van der Waals surface area contributed by atoms with Crippen LogP contribution < -0.4 is 15.0 Å². The molecule has 0 saturated carbocycles. The first kappa shape index (κ1) is 17.4. The van der Waals surface area contributed by atoms with Crippen molar-refractivity contribution in [1.82, 2.24) is 10.3 Å². The number of amides is 1. The van der Waals surface area contributed by atoms with E-state index in [2.05, 4.69) is 30.2 Å². The topological polar surface area (TPSA) is 54.5 Å². The van der Waals surface area contributed by atoms with Crippen LogP contribution >= 0.6 is 0 Å². The van der Waals surface area contributed by atoms with Crippen molar-refractivity contribution in [2.24, 2.45) is 0 Å². The van der Waals surface area contributed by atoms with Gasteiger partial charge in [0, 0.05) is 31.5 Å². The lowest BCUT2D eigenvalue weighted by Crippen LogP contribution is -2.36. The van der Waals surface area contributed by atoms with E-state index in [0.717, 1.165) is 36.4 Å². The molecule has 1 aliphatic rings. The van der Waals surface area contributed by atoms with Gasteiger partial charge in [0.05, 0.1) is 11.3 Å². The van der Waals surface area contributed by atoms with Crippen molar-refractivity contribution in [2.75, 3.05) is 24.6 Å². The van der Waals surface area contributed by atoms with Gasteiger partial charge in [0.15, 0.2) is 0 Å². The Balaban J connectivity index is 1.82. The Morgan fingerprint density at radius 3 is 2.96 bits per heavy atom. The quantitative estimate of drug-likeness (QED) is 0.822. The molecule has 0 unspecified atom stereocenters. The third kappa shape index (κ3) is 4.17. The van der Waals surface area contributed by atoms with Crippen molar-refractivity contribution in [3.63, 3.8) is 0 Å². The molecule has 0 aliphatic carbocycles. The lowest BCUT2D eigenvalue weighted by molar-refractivity contribution is 0.0983. The second-order valence-corrected chi connectivity index (χ2v) is 6.52. The summed E-state index contributed by atoms with van der Waals surface area (Å²) in [6, 6.07) is 10.1. The smallest absolute Gasteiger partial charge is 0.259 e. The number of ether oxygens (including phenoxy) is 1. The third-order valence-corrected chi connectivity index (χ3v) is 4.25. The molecule has 5 heteroatoms. The van der Waals surface area contributed by atoms with Crippen molar-refractivity contribution >= 4 is 11.6 Å². The number of benzene rings is 1. The van der Waals surface area contributed by atoms with Crippen LogP contribution in [0, 0.1) is 0 Å². The summed E-state index contributed by atoms with van der Waals surface area (Å²) in [4.78, 5) is 18.9. The number of fused-ring (bicyclic) bond motifs is 1. The van der Waals surface area contributed by atoms with Crippen LogP contribution in [-0.2, 0) is 6.42 Å². The molecule has 1 aromatic heterocycles. The molecule has 25 heavy (non-hydrogen) atoms. The third-order valence-electron chi connectivity index (χ3n) is 4.25. The molecule has 1 amide bonds. The Labute approximate surface area is 149 Å². The van der Waals surface area contributed by atoms with Crippen molar-refractivity contribution in [2.45, 2.75) is 32.7 Å². The van der Waals surface area contributed by atoms with Crippen LogP contribution in [0.25, 0.3) is 0 Å². The highest BCUT2D eigenvalue weighted by Gasteiger charge is 2.27. The molecule has 2 heterocycles. The van der Waals surface area contributed by atoms with Crippen LogP contribution in [0.1, 0.15) is 36.2 Å². The number of carbonyl (C=O) groups excluding carboxylic acids is 1. The number of nitrogens with one attached hydrogen (secondary N) is 1. The van der Waals surface area contributed by atoms with Crippen LogP contribution in [0.5, 0.6) is 5.75 Å². The maximum atomic E-state index is 13.0. The Bertz CT molecular complexity index is 716. The van der Waals surface area contributed by atoms with Gasteiger partial charge in [-0.05, 0) is 36.6 Å². The van der Waals surface area contributed by atoms with Crippen LogP contribution in [0.3, 0.4) is 0 Å². The summed E-state index contributed by atoms with van der Waals surface area (Å²) in [5.74, 6) is 0.755. The minimum atomic E-state index is -0.0228. The highest BCUT2D eigenvalue weighted by atomic mass is 16.5. The Hall–Kier alpha value is -2.40. The highest BCUT2D eigenvalue weighted by molar-refractivity contribution is 6.07. The zero-order valence-corrected chi connectivity index (χ0v) is 14.9. The van der Waals surface area contributed by atoms with Crippen molar-refractivity contribution in [1.29, 1.82) is 0 Å². The van der Waals surface area contributed by atoms with Gasteiger partial charge in [0.2, 0.25) is 0 Å². The predicted octanol–water partition coefficient (Wildman–Crippen LogP) is 3.05. The molecular weight excluding hydrogens is 314 g/mol. The average molecular weight is 339 g/mol. The SMILES string of the molecule is CC(C)NCCOc1cccc2c1N(C(=O)c1cccnc1)CCC2. The lowest BCUT2D eigenvalue weighted by atomic mass is 10.00. The standard InChI is InChI=1S/C20H25N3O2/c1-15(2)22-11-13-25-18-9-3-6-16-8-5-12-23(19(16)18)20(24)17-7-4-10-21-14-17/h3-4,6-7,9-10,14-15,22H,5,8,11-13H2,1-2H3. The second kappa shape index (κ2) is 8.12. The summed E-state index contributed by atoms with van der Waals surface area (Å²) < 4.78 is 6.00. The fraction of sp³-hybridized carbons (Fsp3) is 0.400. The summed E-state index contributed by atoms with van der Waals surface area (Å²) in [6.07, 6.45) is 5.22. The van der Waals surface area contributed by atoms with Gasteiger partial charge in [0.1, 0.15) is 12.4 Å². The number of carbonyl (C=O) groups is 1. The second-order valence-electron chi connectivity index (χ2n) is 6.52. The van der Waals surface area contributed by atoms with Gasteiger partial charge in [-0.25, -0.2) is 0 Å². The van der Waals surface area contributed by atoms with Crippen molar-refractivity contribution in [3.8, 4) is 5.75 Å². The first-order valence-corrected chi connectivity index (χ1v) is 8.87. The fourth-order valence-electron chi connectivity index (χ4n) is 3.09. The average Bonchev–Trinajstić information content (AvgIpc) is 2.64. The maximum Gasteiger partial charge on any atom is 0.259 e. The van der Waals surface area contributed by atoms with Crippen LogP contribution in [0.4, 0.5) is 5.69 Å². The molecule has 0 fully saturated rings. The number of hydrogen-bond donors (Lipinski definition) is 1. The Kier molecular flexibility index (Phi) is 5.66. The lowest BCUT2D eigenvalue weighted by Gasteiger charge is -2.31. The molecule has 2 aromatic rings. The van der Waals surface area contributed by atoms with Crippen LogP contribution in [0.2, 0.25) is 0 Å². The number of para-hydroxylation sites is 1. The van der Waals surface area contributed by atoms with E-state index in [1.807, 2.05) is 17.0 Å². The molecule has 5 nitrogen and oxygen atoms in total. The van der Waals surface area contributed by atoms with E-state index < -0.39 is 0 Å². The molecule has 0 bridgehead atoms. The van der Waals surface area contributed by atoms with Gasteiger partial charge in [-0.1, -0.05) is 26.0 Å². The first-order chi connectivity index (χ1) is 12.2. The molecule has 1 aliphatic heterocycles. The van der Waals surface area contributed by atoms with Gasteiger partial charge in [-0.3, -0.25) is 9.78 Å². The van der Waals surface area contributed by atoms with E-state index >= 15 is 0 Å². The summed E-state index contributed by atoms with van der Waals surface area (Å²) in [5, 5.41) is 3.34. The number of aromatic nitrogens is 1. The van der Waals surface area contributed by atoms with Crippen molar-refractivity contribution in [3.05, 3.63) is 53.9 Å². The summed E-state index contributed by atoms with van der Waals surface area (Å²) in [7, 11) is 0. The number of pyridine rings is 1. The molecule has 0 saturated heterocycles. The minimum Gasteiger partial charge on any atom is -0.490 e. The van der Waals surface area contributed by atoms with Gasteiger partial charge in [-0.2, -0.15) is 0 Å². The first-order valence-electron chi connectivity index (χ1n) is 8.87. The van der Waals surface area contributed by atoms with Gasteiger partial charge in [0.25, 0.3) is 5.91 Å². The molecule has 1 aromatic carbocycles. The summed E-state index contributed by atoms with van der Waals surface area (Å²) >= 11 is 0. The molecule has 0 atom stereocenters. The van der Waals surface area contributed by atoms with E-state index in [1.54, 1.807) is 24.5 Å². The van der Waals surface area contributed by atoms with E-state index in [0.29, 0.717) is 24.8 Å². The number of rotatable bonds is 6. The van der Waals surface area contributed by atoms with Gasteiger partial charge < -0.3 is 15.0 Å². The molecule has 0 spiro atoms. The van der Waals surface area contributed by atoms with E-state index in [9.17, 15) is 4.79 Å². The Morgan fingerprint density at radius 2 is 2.20 bits per heavy atom. The number of anilines is 1. The molecule has 132 valence electrons. The monoisotopic (exact) mass is 339 g/mol. The number of aryl methyl sites for hydroxylation is 1. The number of nitrogens with zero attached hydrogens (tertiary/aromatic N) is 2. The van der Waals surface area contributed by atoms with E-state index in [1.165, 1.54) is 0 Å². The maximum absolute atomic E-state index is 13.0. The van der Waals surface area contributed by atoms with Crippen molar-refractivity contribution < 1.29 is 9.53 Å². The van der Waals surface area contributed by atoms with E-state index in [-0.39, 0.29) is 5.91 Å². The molecule has 1 N–H and O–H groups in total. The van der Waals surface area contributed by atoms with Crippen LogP contribution in [0.15, 0.2) is 42.7 Å². The largest absolute Gasteiger partial charge is 0.490 e.